The van der Waals surface area contributed by atoms with Crippen molar-refractivity contribution < 1.29 is 4.79 Å². The van der Waals surface area contributed by atoms with Crippen molar-refractivity contribution in [3.63, 3.8) is 0 Å². The molecule has 2 unspecified atom stereocenters. The number of rotatable bonds is 1. The number of hydrogen-bond donors (Lipinski definition) is 0. The summed E-state index contributed by atoms with van der Waals surface area (Å²) in [5.41, 5.74) is 2.79. The van der Waals surface area contributed by atoms with Gasteiger partial charge < -0.3 is 4.90 Å². The van der Waals surface area contributed by atoms with Crippen LogP contribution in [0.3, 0.4) is 0 Å². The number of carbonyl (C=O) groups excluding carboxylic acids is 1. The predicted molar refractivity (Wildman–Crippen MR) is 71.2 cm³/mol. The molecule has 1 aromatic rings. The molecule has 2 nitrogen and oxygen atoms in total. The topological polar surface area (TPSA) is 20.3 Å². The van der Waals surface area contributed by atoms with Gasteiger partial charge in [-0.2, -0.15) is 0 Å². The largest absolute Gasteiger partial charge is 0.335 e. The van der Waals surface area contributed by atoms with Gasteiger partial charge >= 0.3 is 0 Å². The molecule has 2 aliphatic rings. The monoisotopic (exact) mass is 293 g/mol. The van der Waals surface area contributed by atoms with Crippen LogP contribution in [0.5, 0.6) is 0 Å². The maximum Gasteiger partial charge on any atom is 0.236 e. The van der Waals surface area contributed by atoms with Crippen molar-refractivity contribution in [2.45, 2.75) is 36.6 Å². The number of amides is 1. The second-order valence-corrected chi connectivity index (χ2v) is 6.00. The Morgan fingerprint density at radius 1 is 1.24 bits per heavy atom. The van der Waals surface area contributed by atoms with E-state index in [2.05, 4.69) is 45.1 Å². The normalized spacial score (nSPS) is 28.3. The van der Waals surface area contributed by atoms with Crippen LogP contribution in [0.4, 0.5) is 0 Å². The second kappa shape index (κ2) is 4.45. The maximum atomic E-state index is 12.1. The van der Waals surface area contributed by atoms with E-state index >= 15 is 0 Å². The zero-order valence-corrected chi connectivity index (χ0v) is 11.3. The molecule has 1 aliphatic carbocycles. The van der Waals surface area contributed by atoms with Crippen molar-refractivity contribution in [1.29, 1.82) is 0 Å². The van der Waals surface area contributed by atoms with E-state index in [1.54, 1.807) is 0 Å². The van der Waals surface area contributed by atoms with Gasteiger partial charge in [-0.05, 0) is 36.8 Å². The first-order valence-corrected chi connectivity index (χ1v) is 7.21. The maximum absolute atomic E-state index is 12.1. The molecule has 2 atom stereocenters. The third kappa shape index (κ3) is 1.90. The van der Waals surface area contributed by atoms with Crippen LogP contribution in [0.1, 0.15) is 36.4 Å². The van der Waals surface area contributed by atoms with Gasteiger partial charge in [-0.15, -0.1) is 0 Å². The van der Waals surface area contributed by atoms with E-state index in [1.165, 1.54) is 17.5 Å². The highest BCUT2D eigenvalue weighted by molar-refractivity contribution is 9.10. The van der Waals surface area contributed by atoms with Crippen LogP contribution < -0.4 is 0 Å². The minimum absolute atomic E-state index is 0.0385. The van der Waals surface area contributed by atoms with Crippen LogP contribution in [0.15, 0.2) is 24.3 Å². The molecule has 90 valence electrons. The van der Waals surface area contributed by atoms with Gasteiger partial charge in [0.2, 0.25) is 5.91 Å². The SMILES string of the molecule is O=C1C(Br)CCN1C1CCCc2ccccc21. The van der Waals surface area contributed by atoms with Crippen molar-refractivity contribution in [2.24, 2.45) is 0 Å². The lowest BCUT2D eigenvalue weighted by Crippen LogP contribution is -2.34. The zero-order chi connectivity index (χ0) is 11.8. The number of carbonyl (C=O) groups is 1. The molecule has 17 heavy (non-hydrogen) atoms. The van der Waals surface area contributed by atoms with Gasteiger partial charge in [0.1, 0.15) is 0 Å². The molecule has 0 spiro atoms. The summed E-state index contributed by atoms with van der Waals surface area (Å²) >= 11 is 3.46. The first-order chi connectivity index (χ1) is 8.27. The lowest BCUT2D eigenvalue weighted by Gasteiger charge is -2.33. The van der Waals surface area contributed by atoms with E-state index in [0.29, 0.717) is 6.04 Å². The average molecular weight is 294 g/mol. The Morgan fingerprint density at radius 3 is 2.82 bits per heavy atom. The van der Waals surface area contributed by atoms with Gasteiger partial charge in [-0.1, -0.05) is 40.2 Å². The number of benzene rings is 1. The van der Waals surface area contributed by atoms with Crippen molar-refractivity contribution >= 4 is 21.8 Å². The van der Waals surface area contributed by atoms with Gasteiger partial charge in [0.05, 0.1) is 10.9 Å². The lowest BCUT2D eigenvalue weighted by atomic mass is 9.87. The molecule has 1 fully saturated rings. The first-order valence-electron chi connectivity index (χ1n) is 6.30. The van der Waals surface area contributed by atoms with E-state index in [4.69, 9.17) is 0 Å². The Bertz CT molecular complexity index is 446. The number of nitrogens with zero attached hydrogens (tertiary/aromatic N) is 1. The Morgan fingerprint density at radius 2 is 2.06 bits per heavy atom. The van der Waals surface area contributed by atoms with Crippen LogP contribution in [-0.4, -0.2) is 22.2 Å². The summed E-state index contributed by atoms with van der Waals surface area (Å²) in [5.74, 6) is 0.270. The highest BCUT2D eigenvalue weighted by Gasteiger charge is 2.36. The third-order valence-electron chi connectivity index (χ3n) is 3.89. The van der Waals surface area contributed by atoms with Gasteiger partial charge in [0.25, 0.3) is 0 Å². The summed E-state index contributed by atoms with van der Waals surface area (Å²) in [7, 11) is 0. The number of alkyl halides is 1. The molecule has 3 heteroatoms. The molecule has 1 heterocycles. The molecular formula is C14H16BrNO. The standard InChI is InChI=1S/C14H16BrNO/c15-12-8-9-16(14(12)17)13-7-3-5-10-4-1-2-6-11(10)13/h1-2,4,6,12-13H,3,5,7-9H2. The molecule has 1 aromatic carbocycles. The highest BCUT2D eigenvalue weighted by atomic mass is 79.9. The molecule has 0 radical (unpaired) electrons. The van der Waals surface area contributed by atoms with Crippen molar-refractivity contribution in [2.75, 3.05) is 6.54 Å². The first kappa shape index (κ1) is 11.3. The molecule has 1 saturated heterocycles. The molecule has 0 saturated carbocycles. The Labute approximate surface area is 110 Å². The molecule has 0 aromatic heterocycles. The van der Waals surface area contributed by atoms with Gasteiger partial charge in [-0.3, -0.25) is 4.79 Å². The number of likely N-dealkylation sites (tertiary alicyclic amines) is 1. The quantitative estimate of drug-likeness (QED) is 0.729. The van der Waals surface area contributed by atoms with Crippen LogP contribution in [0.2, 0.25) is 0 Å². The summed E-state index contributed by atoms with van der Waals surface area (Å²) in [6, 6.07) is 8.89. The van der Waals surface area contributed by atoms with Crippen LogP contribution in [0, 0.1) is 0 Å². The number of halogens is 1. The minimum Gasteiger partial charge on any atom is -0.335 e. The lowest BCUT2D eigenvalue weighted by molar-refractivity contribution is -0.129. The molecule has 1 aliphatic heterocycles. The molecule has 0 bridgehead atoms. The molecule has 1 amide bonds. The fourth-order valence-electron chi connectivity index (χ4n) is 3.03. The fraction of sp³-hybridized carbons (Fsp3) is 0.500. The van der Waals surface area contributed by atoms with Crippen LogP contribution in [-0.2, 0) is 11.2 Å². The van der Waals surface area contributed by atoms with Crippen LogP contribution in [0.25, 0.3) is 0 Å². The third-order valence-corrected chi connectivity index (χ3v) is 4.74. The summed E-state index contributed by atoms with van der Waals surface area (Å²) in [6.07, 6.45) is 4.41. The van der Waals surface area contributed by atoms with E-state index in [-0.39, 0.29) is 10.7 Å². The second-order valence-electron chi connectivity index (χ2n) is 4.89. The van der Waals surface area contributed by atoms with Crippen molar-refractivity contribution in [3.05, 3.63) is 35.4 Å². The summed E-state index contributed by atoms with van der Waals surface area (Å²) < 4.78 is 0. The minimum atomic E-state index is 0.0385. The van der Waals surface area contributed by atoms with E-state index in [1.807, 2.05) is 0 Å². The average Bonchev–Trinajstić information content (AvgIpc) is 2.69. The summed E-state index contributed by atoms with van der Waals surface area (Å²) in [4.78, 5) is 14.2. The van der Waals surface area contributed by atoms with Crippen molar-refractivity contribution in [1.82, 2.24) is 4.90 Å². The smallest absolute Gasteiger partial charge is 0.236 e. The Hall–Kier alpha value is -0.830. The van der Waals surface area contributed by atoms with Gasteiger partial charge in [-0.25, -0.2) is 0 Å². The molecular weight excluding hydrogens is 278 g/mol. The van der Waals surface area contributed by atoms with E-state index in [9.17, 15) is 4.79 Å². The van der Waals surface area contributed by atoms with Crippen molar-refractivity contribution in [3.8, 4) is 0 Å². The number of fused-ring (bicyclic) bond motifs is 1. The Kier molecular flexibility index (Phi) is 2.95. The summed E-state index contributed by atoms with van der Waals surface area (Å²) in [5, 5.41) is 0. The predicted octanol–water partition coefficient (Wildman–Crippen LogP) is 3.06. The van der Waals surface area contributed by atoms with Crippen LogP contribution >= 0.6 is 15.9 Å². The van der Waals surface area contributed by atoms with E-state index in [0.717, 1.165) is 25.8 Å². The highest BCUT2D eigenvalue weighted by Crippen LogP contribution is 2.37. The molecule has 3 rings (SSSR count). The van der Waals surface area contributed by atoms with Gasteiger partial charge in [0, 0.05) is 6.54 Å². The number of hydrogen-bond acceptors (Lipinski definition) is 1. The fourth-order valence-corrected chi connectivity index (χ4v) is 3.50. The summed E-state index contributed by atoms with van der Waals surface area (Å²) in [6.45, 7) is 0.897. The van der Waals surface area contributed by atoms with Gasteiger partial charge in [0.15, 0.2) is 0 Å². The number of aryl methyl sites for hydroxylation is 1. The Balaban J connectivity index is 1.93. The van der Waals surface area contributed by atoms with E-state index < -0.39 is 0 Å². The zero-order valence-electron chi connectivity index (χ0n) is 9.73. The molecule has 0 N–H and O–H groups in total.